The van der Waals surface area contributed by atoms with Gasteiger partial charge in [0.25, 0.3) is 0 Å². The molecule has 0 spiro atoms. The van der Waals surface area contributed by atoms with Gasteiger partial charge in [-0.3, -0.25) is 0 Å². The van der Waals surface area contributed by atoms with Gasteiger partial charge in [0.05, 0.1) is 4.90 Å². The van der Waals surface area contributed by atoms with Crippen LogP contribution in [-0.2, 0) is 10.0 Å². The largest absolute Gasteiger partial charge is 0.326 e. The van der Waals surface area contributed by atoms with Crippen molar-refractivity contribution in [3.8, 4) is 0 Å². The van der Waals surface area contributed by atoms with Gasteiger partial charge < -0.3 is 5.73 Å². The van der Waals surface area contributed by atoms with Crippen molar-refractivity contribution < 1.29 is 8.42 Å². The topological polar surface area (TPSA) is 63.4 Å². The Morgan fingerprint density at radius 3 is 2.62 bits per heavy atom. The van der Waals surface area contributed by atoms with Crippen molar-refractivity contribution in [1.82, 2.24) is 4.31 Å². The van der Waals surface area contributed by atoms with Crippen LogP contribution in [0.4, 0.5) is 0 Å². The monoisotopic (exact) mass is 260 g/mol. The van der Waals surface area contributed by atoms with Gasteiger partial charge in [0.1, 0.15) is 0 Å². The first kappa shape index (κ1) is 12.0. The van der Waals surface area contributed by atoms with Gasteiger partial charge in [-0.05, 0) is 26.3 Å². The first-order chi connectivity index (χ1) is 7.41. The van der Waals surface area contributed by atoms with Gasteiger partial charge in [0.15, 0.2) is 0 Å². The van der Waals surface area contributed by atoms with E-state index in [1.54, 1.807) is 6.07 Å². The molecule has 0 aromatic carbocycles. The maximum atomic E-state index is 12.3. The maximum Gasteiger partial charge on any atom is 0.244 e. The van der Waals surface area contributed by atoms with Gasteiger partial charge in [0, 0.05) is 28.9 Å². The second-order valence-electron chi connectivity index (χ2n) is 4.19. The Bertz CT molecular complexity index is 493. The molecule has 1 aromatic rings. The van der Waals surface area contributed by atoms with Crippen molar-refractivity contribution >= 4 is 21.4 Å². The normalized spacial score (nSPS) is 22.8. The van der Waals surface area contributed by atoms with Gasteiger partial charge in [-0.15, -0.1) is 11.3 Å². The van der Waals surface area contributed by atoms with Crippen LogP contribution in [-0.4, -0.2) is 31.9 Å². The molecule has 1 atom stereocenters. The van der Waals surface area contributed by atoms with E-state index >= 15 is 0 Å². The number of rotatable bonds is 2. The summed E-state index contributed by atoms with van der Waals surface area (Å²) in [5, 5.41) is 0. The SMILES string of the molecule is Cc1cc(S(=O)(=O)N2CC[C@H](N)C2)c(C)s1. The smallest absolute Gasteiger partial charge is 0.244 e. The van der Waals surface area contributed by atoms with Gasteiger partial charge in [0.2, 0.25) is 10.0 Å². The number of aryl methyl sites for hydroxylation is 2. The Morgan fingerprint density at radius 1 is 1.50 bits per heavy atom. The molecule has 2 N–H and O–H groups in total. The molecule has 2 rings (SSSR count). The maximum absolute atomic E-state index is 12.3. The Kier molecular flexibility index (Phi) is 3.09. The minimum atomic E-state index is -3.32. The summed E-state index contributed by atoms with van der Waals surface area (Å²) in [4.78, 5) is 2.33. The fourth-order valence-corrected chi connectivity index (χ4v) is 5.01. The standard InChI is InChI=1S/C10H16N2O2S2/c1-7-5-10(8(2)15-7)16(13,14)12-4-3-9(11)6-12/h5,9H,3-4,6,11H2,1-2H3/t9-/m0/s1. The highest BCUT2D eigenvalue weighted by Gasteiger charge is 2.32. The van der Waals surface area contributed by atoms with Gasteiger partial charge in [-0.1, -0.05) is 0 Å². The Morgan fingerprint density at radius 2 is 2.19 bits per heavy atom. The first-order valence-corrected chi connectivity index (χ1v) is 7.49. The average molecular weight is 260 g/mol. The van der Waals surface area contributed by atoms with Crippen LogP contribution in [0.5, 0.6) is 0 Å². The first-order valence-electron chi connectivity index (χ1n) is 5.24. The van der Waals surface area contributed by atoms with Crippen molar-refractivity contribution in [3.63, 3.8) is 0 Å². The van der Waals surface area contributed by atoms with Crippen LogP contribution >= 0.6 is 11.3 Å². The predicted molar refractivity (Wildman–Crippen MR) is 65.1 cm³/mol. The summed E-state index contributed by atoms with van der Waals surface area (Å²) in [6.45, 7) is 4.75. The van der Waals surface area contributed by atoms with E-state index < -0.39 is 10.0 Å². The van der Waals surface area contributed by atoms with E-state index in [4.69, 9.17) is 5.73 Å². The molecule has 2 heterocycles. The highest BCUT2D eigenvalue weighted by Crippen LogP contribution is 2.29. The molecule has 0 aliphatic carbocycles. The molecular weight excluding hydrogens is 244 g/mol. The average Bonchev–Trinajstić information content (AvgIpc) is 2.73. The molecule has 16 heavy (non-hydrogen) atoms. The van der Waals surface area contributed by atoms with Crippen molar-refractivity contribution in [1.29, 1.82) is 0 Å². The molecule has 90 valence electrons. The molecule has 1 saturated heterocycles. The number of hydrogen-bond donors (Lipinski definition) is 1. The molecule has 6 heteroatoms. The van der Waals surface area contributed by atoms with Crippen LogP contribution in [0.3, 0.4) is 0 Å². The quantitative estimate of drug-likeness (QED) is 0.865. The third-order valence-corrected chi connectivity index (χ3v) is 5.89. The van der Waals surface area contributed by atoms with Crippen LogP contribution in [0.15, 0.2) is 11.0 Å². The Balaban J connectivity index is 2.36. The zero-order chi connectivity index (χ0) is 11.9. The summed E-state index contributed by atoms with van der Waals surface area (Å²) < 4.78 is 26.1. The molecule has 4 nitrogen and oxygen atoms in total. The van der Waals surface area contributed by atoms with Crippen molar-refractivity contribution in [2.24, 2.45) is 5.73 Å². The summed E-state index contributed by atoms with van der Waals surface area (Å²) in [5.74, 6) is 0. The molecule has 0 bridgehead atoms. The van der Waals surface area contributed by atoms with E-state index in [0.717, 1.165) is 16.2 Å². The molecule has 1 aliphatic heterocycles. The number of thiophene rings is 1. The second-order valence-corrected chi connectivity index (χ2v) is 7.56. The van der Waals surface area contributed by atoms with Crippen molar-refractivity contribution in [3.05, 3.63) is 15.8 Å². The van der Waals surface area contributed by atoms with Crippen LogP contribution in [0.25, 0.3) is 0 Å². The lowest BCUT2D eigenvalue weighted by atomic mass is 10.3. The van der Waals surface area contributed by atoms with E-state index in [0.29, 0.717) is 18.0 Å². The minimum absolute atomic E-state index is 0.0187. The summed E-state index contributed by atoms with van der Waals surface area (Å²) in [6.07, 6.45) is 0.751. The second kappa shape index (κ2) is 4.10. The van der Waals surface area contributed by atoms with E-state index in [1.165, 1.54) is 15.6 Å². The molecule has 1 aromatic heterocycles. The lowest BCUT2D eigenvalue weighted by Crippen LogP contribution is -2.32. The van der Waals surface area contributed by atoms with E-state index in [1.807, 2.05) is 13.8 Å². The molecule has 0 saturated carbocycles. The lowest BCUT2D eigenvalue weighted by molar-refractivity contribution is 0.472. The van der Waals surface area contributed by atoms with Crippen LogP contribution in [0, 0.1) is 13.8 Å². The van der Waals surface area contributed by atoms with Gasteiger partial charge in [-0.25, -0.2) is 8.42 Å². The predicted octanol–water partition coefficient (Wildman–Crippen LogP) is 1.09. The van der Waals surface area contributed by atoms with E-state index in [9.17, 15) is 8.42 Å². The fourth-order valence-electron chi connectivity index (χ4n) is 1.97. The molecule has 0 radical (unpaired) electrons. The third-order valence-electron chi connectivity index (χ3n) is 2.80. The zero-order valence-electron chi connectivity index (χ0n) is 9.43. The van der Waals surface area contributed by atoms with Gasteiger partial charge >= 0.3 is 0 Å². The molecule has 1 fully saturated rings. The summed E-state index contributed by atoms with van der Waals surface area (Å²) in [7, 11) is -3.32. The van der Waals surface area contributed by atoms with Crippen LogP contribution < -0.4 is 5.73 Å². The lowest BCUT2D eigenvalue weighted by Gasteiger charge is -2.15. The number of hydrogen-bond acceptors (Lipinski definition) is 4. The number of nitrogens with zero attached hydrogens (tertiary/aromatic N) is 1. The summed E-state index contributed by atoms with van der Waals surface area (Å²) >= 11 is 1.52. The summed E-state index contributed by atoms with van der Waals surface area (Å²) in [5.41, 5.74) is 5.74. The van der Waals surface area contributed by atoms with Gasteiger partial charge in [-0.2, -0.15) is 4.31 Å². The number of sulfonamides is 1. The van der Waals surface area contributed by atoms with E-state index in [2.05, 4.69) is 0 Å². The highest BCUT2D eigenvalue weighted by molar-refractivity contribution is 7.89. The highest BCUT2D eigenvalue weighted by atomic mass is 32.2. The van der Waals surface area contributed by atoms with Crippen LogP contribution in [0.1, 0.15) is 16.2 Å². The Hall–Kier alpha value is -0.430. The number of nitrogens with two attached hydrogens (primary N) is 1. The van der Waals surface area contributed by atoms with Crippen molar-refractivity contribution in [2.45, 2.75) is 31.2 Å². The minimum Gasteiger partial charge on any atom is -0.326 e. The summed E-state index contributed by atoms with van der Waals surface area (Å²) in [6, 6.07) is 1.73. The van der Waals surface area contributed by atoms with E-state index in [-0.39, 0.29) is 6.04 Å². The molecular formula is C10H16N2O2S2. The fraction of sp³-hybridized carbons (Fsp3) is 0.600. The third kappa shape index (κ3) is 2.02. The molecule has 1 aliphatic rings. The Labute approximate surface area is 100 Å². The molecule has 0 unspecified atom stereocenters. The van der Waals surface area contributed by atoms with Crippen molar-refractivity contribution in [2.75, 3.05) is 13.1 Å². The van der Waals surface area contributed by atoms with Crippen LogP contribution in [0.2, 0.25) is 0 Å². The molecule has 0 amide bonds. The zero-order valence-corrected chi connectivity index (χ0v) is 11.1.